The van der Waals surface area contributed by atoms with Crippen molar-refractivity contribution >= 4 is 15.9 Å². The fourth-order valence-corrected chi connectivity index (χ4v) is 2.24. The molecule has 1 rings (SSSR count). The van der Waals surface area contributed by atoms with Crippen molar-refractivity contribution in [3.63, 3.8) is 0 Å². The van der Waals surface area contributed by atoms with Crippen LogP contribution in [-0.2, 0) is 6.42 Å². The van der Waals surface area contributed by atoms with E-state index in [4.69, 9.17) is 0 Å². The van der Waals surface area contributed by atoms with Gasteiger partial charge in [-0.3, -0.25) is 0 Å². The Morgan fingerprint density at radius 3 is 2.88 bits per heavy atom. The fraction of sp³-hybridized carbons (Fsp3) is 0.571. The van der Waals surface area contributed by atoms with Gasteiger partial charge in [-0.15, -0.1) is 0 Å². The van der Waals surface area contributed by atoms with Crippen molar-refractivity contribution in [2.24, 2.45) is 0 Å². The highest BCUT2D eigenvalue weighted by atomic mass is 79.9. The van der Waals surface area contributed by atoms with Crippen LogP contribution in [0.25, 0.3) is 0 Å². The van der Waals surface area contributed by atoms with Gasteiger partial charge in [-0.05, 0) is 56.8 Å². The lowest BCUT2D eigenvalue weighted by molar-refractivity contribution is 0.498. The van der Waals surface area contributed by atoms with Gasteiger partial charge in [0.25, 0.3) is 0 Å². The SMILES string of the molecule is CCCNC(C)CCCc1cccc(Br)c1. The van der Waals surface area contributed by atoms with Gasteiger partial charge in [0.2, 0.25) is 0 Å². The van der Waals surface area contributed by atoms with E-state index in [0.29, 0.717) is 6.04 Å². The monoisotopic (exact) mass is 283 g/mol. The predicted octanol–water partition coefficient (Wildman–Crippen LogP) is 4.16. The van der Waals surface area contributed by atoms with Crippen LogP contribution in [0.1, 0.15) is 38.7 Å². The van der Waals surface area contributed by atoms with Crippen LogP contribution in [0.3, 0.4) is 0 Å². The van der Waals surface area contributed by atoms with Gasteiger partial charge in [0.05, 0.1) is 0 Å². The second-order valence-corrected chi connectivity index (χ2v) is 5.29. The maximum Gasteiger partial charge on any atom is 0.0177 e. The van der Waals surface area contributed by atoms with E-state index in [-0.39, 0.29) is 0 Å². The normalized spacial score (nSPS) is 12.7. The highest BCUT2D eigenvalue weighted by Crippen LogP contribution is 2.14. The quantitative estimate of drug-likeness (QED) is 0.792. The first-order chi connectivity index (χ1) is 7.72. The van der Waals surface area contributed by atoms with Crippen LogP contribution in [0, 0.1) is 0 Å². The molecule has 0 spiro atoms. The van der Waals surface area contributed by atoms with E-state index in [9.17, 15) is 0 Å². The van der Waals surface area contributed by atoms with Crippen LogP contribution in [0.15, 0.2) is 28.7 Å². The Morgan fingerprint density at radius 1 is 1.38 bits per heavy atom. The fourth-order valence-electron chi connectivity index (χ4n) is 1.80. The third-order valence-corrected chi connectivity index (χ3v) is 3.23. The molecule has 1 atom stereocenters. The summed E-state index contributed by atoms with van der Waals surface area (Å²) in [7, 11) is 0. The van der Waals surface area contributed by atoms with Gasteiger partial charge in [0, 0.05) is 10.5 Å². The molecule has 0 fully saturated rings. The first-order valence-electron chi connectivity index (χ1n) is 6.20. The molecule has 0 aliphatic carbocycles. The van der Waals surface area contributed by atoms with Gasteiger partial charge in [-0.25, -0.2) is 0 Å². The molecule has 0 aliphatic rings. The lowest BCUT2D eigenvalue weighted by atomic mass is 10.1. The number of rotatable bonds is 7. The second kappa shape index (κ2) is 7.86. The summed E-state index contributed by atoms with van der Waals surface area (Å²) in [6, 6.07) is 9.25. The minimum atomic E-state index is 0.645. The molecule has 1 aromatic carbocycles. The summed E-state index contributed by atoms with van der Waals surface area (Å²) < 4.78 is 1.18. The molecule has 0 saturated carbocycles. The van der Waals surface area contributed by atoms with E-state index >= 15 is 0 Å². The molecule has 16 heavy (non-hydrogen) atoms. The largest absolute Gasteiger partial charge is 0.314 e. The standard InChI is InChI=1S/C14H22BrN/c1-3-10-16-12(2)6-4-7-13-8-5-9-14(15)11-13/h5,8-9,11-12,16H,3-4,6-7,10H2,1-2H3. The summed E-state index contributed by atoms with van der Waals surface area (Å²) >= 11 is 3.50. The number of hydrogen-bond acceptors (Lipinski definition) is 1. The van der Waals surface area contributed by atoms with Crippen LogP contribution >= 0.6 is 15.9 Å². The molecule has 90 valence electrons. The molecule has 0 amide bonds. The third-order valence-electron chi connectivity index (χ3n) is 2.73. The van der Waals surface area contributed by atoms with Crippen LogP contribution < -0.4 is 5.32 Å². The van der Waals surface area contributed by atoms with Crippen molar-refractivity contribution in [3.8, 4) is 0 Å². The van der Waals surface area contributed by atoms with E-state index in [1.54, 1.807) is 0 Å². The minimum Gasteiger partial charge on any atom is -0.314 e. The topological polar surface area (TPSA) is 12.0 Å². The molecule has 1 unspecified atom stereocenters. The highest BCUT2D eigenvalue weighted by Gasteiger charge is 2.00. The molecule has 1 aromatic rings. The molecule has 0 bridgehead atoms. The maximum absolute atomic E-state index is 3.52. The molecule has 1 N–H and O–H groups in total. The molecule has 0 aromatic heterocycles. The molecule has 0 aliphatic heterocycles. The molecule has 0 saturated heterocycles. The Hall–Kier alpha value is -0.340. The maximum atomic E-state index is 3.52. The molecule has 1 nitrogen and oxygen atoms in total. The van der Waals surface area contributed by atoms with Crippen LogP contribution in [0.2, 0.25) is 0 Å². The summed E-state index contributed by atoms with van der Waals surface area (Å²) in [5.41, 5.74) is 1.43. The van der Waals surface area contributed by atoms with E-state index < -0.39 is 0 Å². The lowest BCUT2D eigenvalue weighted by Gasteiger charge is -2.12. The zero-order valence-corrected chi connectivity index (χ0v) is 11.9. The van der Waals surface area contributed by atoms with Gasteiger partial charge in [-0.1, -0.05) is 35.0 Å². The predicted molar refractivity (Wildman–Crippen MR) is 74.8 cm³/mol. The van der Waals surface area contributed by atoms with Crippen molar-refractivity contribution in [1.82, 2.24) is 5.32 Å². The van der Waals surface area contributed by atoms with Crippen molar-refractivity contribution in [3.05, 3.63) is 34.3 Å². The van der Waals surface area contributed by atoms with Gasteiger partial charge in [-0.2, -0.15) is 0 Å². The van der Waals surface area contributed by atoms with Crippen LogP contribution in [0.4, 0.5) is 0 Å². The highest BCUT2D eigenvalue weighted by molar-refractivity contribution is 9.10. The average molecular weight is 284 g/mol. The summed E-state index contributed by atoms with van der Waals surface area (Å²) in [5, 5.41) is 3.52. The number of hydrogen-bond donors (Lipinski definition) is 1. The number of benzene rings is 1. The minimum absolute atomic E-state index is 0.645. The first kappa shape index (κ1) is 13.7. The van der Waals surface area contributed by atoms with Crippen molar-refractivity contribution in [1.29, 1.82) is 0 Å². The Bertz CT molecular complexity index is 299. The van der Waals surface area contributed by atoms with Gasteiger partial charge in [0.15, 0.2) is 0 Å². The van der Waals surface area contributed by atoms with Crippen molar-refractivity contribution < 1.29 is 0 Å². The van der Waals surface area contributed by atoms with Gasteiger partial charge in [0.1, 0.15) is 0 Å². The molecule has 0 heterocycles. The van der Waals surface area contributed by atoms with Gasteiger partial charge >= 0.3 is 0 Å². The third kappa shape index (κ3) is 5.66. The van der Waals surface area contributed by atoms with E-state index in [0.717, 1.165) is 6.54 Å². The average Bonchev–Trinajstić information content (AvgIpc) is 2.26. The molecular formula is C14H22BrN. The Balaban J connectivity index is 2.20. The summed E-state index contributed by atoms with van der Waals surface area (Å²) in [5.74, 6) is 0. The second-order valence-electron chi connectivity index (χ2n) is 4.38. The summed E-state index contributed by atoms with van der Waals surface area (Å²) in [6.07, 6.45) is 4.91. The van der Waals surface area contributed by atoms with Crippen LogP contribution in [-0.4, -0.2) is 12.6 Å². The Morgan fingerprint density at radius 2 is 2.19 bits per heavy atom. The lowest BCUT2D eigenvalue weighted by Crippen LogP contribution is -2.26. The Labute approximate surface area is 108 Å². The number of aryl methyl sites for hydroxylation is 1. The molecule has 0 radical (unpaired) electrons. The van der Waals surface area contributed by atoms with Crippen molar-refractivity contribution in [2.75, 3.05) is 6.54 Å². The van der Waals surface area contributed by atoms with E-state index in [2.05, 4.69) is 59.4 Å². The first-order valence-corrected chi connectivity index (χ1v) is 6.99. The number of nitrogens with one attached hydrogen (secondary N) is 1. The summed E-state index contributed by atoms with van der Waals surface area (Å²) in [4.78, 5) is 0. The van der Waals surface area contributed by atoms with Gasteiger partial charge < -0.3 is 5.32 Å². The zero-order valence-electron chi connectivity index (χ0n) is 10.3. The van der Waals surface area contributed by atoms with E-state index in [1.807, 2.05) is 0 Å². The summed E-state index contributed by atoms with van der Waals surface area (Å²) in [6.45, 7) is 5.62. The molecule has 2 heteroatoms. The van der Waals surface area contributed by atoms with Crippen molar-refractivity contribution in [2.45, 2.75) is 45.6 Å². The smallest absolute Gasteiger partial charge is 0.0177 e. The number of halogens is 1. The Kier molecular flexibility index (Phi) is 6.74. The van der Waals surface area contributed by atoms with E-state index in [1.165, 1.54) is 35.7 Å². The molecular weight excluding hydrogens is 262 g/mol. The van der Waals surface area contributed by atoms with Crippen LogP contribution in [0.5, 0.6) is 0 Å². The zero-order chi connectivity index (χ0) is 11.8.